The van der Waals surface area contributed by atoms with E-state index in [4.69, 9.17) is 10.5 Å². The Morgan fingerprint density at radius 2 is 2.00 bits per heavy atom. The summed E-state index contributed by atoms with van der Waals surface area (Å²) >= 11 is 0. The lowest BCUT2D eigenvalue weighted by Gasteiger charge is -2.33. The van der Waals surface area contributed by atoms with Gasteiger partial charge in [-0.1, -0.05) is 18.2 Å². The molecule has 0 amide bonds. The van der Waals surface area contributed by atoms with Crippen LogP contribution in [0.1, 0.15) is 18.1 Å². The average molecular weight is 349 g/mol. The quantitative estimate of drug-likeness (QED) is 0.888. The van der Waals surface area contributed by atoms with E-state index in [0.29, 0.717) is 11.3 Å². The van der Waals surface area contributed by atoms with Gasteiger partial charge in [-0.25, -0.2) is 18.2 Å². The third-order valence-corrected chi connectivity index (χ3v) is 4.28. The van der Waals surface area contributed by atoms with E-state index in [2.05, 4.69) is 10.3 Å². The first-order chi connectivity index (χ1) is 11.9. The molecule has 4 nitrogen and oxygen atoms in total. The molecule has 3 N–H and O–H groups in total. The average Bonchev–Trinajstić information content (AvgIpc) is 2.59. The molecule has 132 valence electrons. The van der Waals surface area contributed by atoms with E-state index >= 15 is 0 Å². The number of aliphatic imine (C=N–C) groups is 1. The number of nitrogens with one attached hydrogen (secondary N) is 1. The lowest BCUT2D eigenvalue weighted by atomic mass is 9.86. The summed E-state index contributed by atoms with van der Waals surface area (Å²) in [6.07, 6.45) is -1.55. The molecule has 0 aromatic heterocycles. The highest BCUT2D eigenvalue weighted by Crippen LogP contribution is 2.37. The Bertz CT molecular complexity index is 812. The molecule has 0 unspecified atom stereocenters. The molecular formula is C18H18F3N3O. The normalized spacial score (nSPS) is 22.9. The van der Waals surface area contributed by atoms with Crippen LogP contribution in [0.15, 0.2) is 47.5 Å². The van der Waals surface area contributed by atoms with E-state index in [9.17, 15) is 13.2 Å². The first-order valence-corrected chi connectivity index (χ1v) is 7.79. The van der Waals surface area contributed by atoms with Gasteiger partial charge < -0.3 is 15.8 Å². The van der Waals surface area contributed by atoms with Crippen molar-refractivity contribution in [2.24, 2.45) is 10.7 Å². The van der Waals surface area contributed by atoms with Crippen LogP contribution in [0.25, 0.3) is 0 Å². The molecule has 1 aliphatic heterocycles. The largest absolute Gasteiger partial charge is 0.462 e. The molecule has 1 heterocycles. The maximum Gasteiger partial charge on any atom is 0.283 e. The first-order valence-electron chi connectivity index (χ1n) is 7.79. The van der Waals surface area contributed by atoms with Crippen molar-refractivity contribution in [3.8, 4) is 0 Å². The molecule has 0 radical (unpaired) electrons. The Balaban J connectivity index is 1.88. The van der Waals surface area contributed by atoms with Gasteiger partial charge in [0, 0.05) is 23.4 Å². The summed E-state index contributed by atoms with van der Waals surface area (Å²) in [4.78, 5) is 3.97. The van der Waals surface area contributed by atoms with Crippen LogP contribution in [0.4, 0.5) is 18.9 Å². The molecule has 25 heavy (non-hydrogen) atoms. The van der Waals surface area contributed by atoms with Crippen molar-refractivity contribution in [1.29, 1.82) is 0 Å². The highest BCUT2D eigenvalue weighted by molar-refractivity contribution is 5.73. The molecule has 7 heteroatoms. The van der Waals surface area contributed by atoms with Crippen molar-refractivity contribution < 1.29 is 17.9 Å². The molecule has 0 aliphatic carbocycles. The molecule has 1 aliphatic rings. The number of benzene rings is 2. The highest BCUT2D eigenvalue weighted by atomic mass is 19.1. The van der Waals surface area contributed by atoms with Crippen molar-refractivity contribution in [3.05, 3.63) is 65.2 Å². The lowest BCUT2D eigenvalue weighted by molar-refractivity contribution is 0.0923. The van der Waals surface area contributed by atoms with E-state index < -0.39 is 17.5 Å². The number of ether oxygens (including phenoxy) is 1. The highest BCUT2D eigenvalue weighted by Gasteiger charge is 2.42. The van der Waals surface area contributed by atoms with Gasteiger partial charge in [0.1, 0.15) is 23.8 Å². The van der Waals surface area contributed by atoms with Gasteiger partial charge in [0.25, 0.3) is 6.02 Å². The number of nitrogens with zero attached hydrogens (tertiary/aromatic N) is 1. The molecule has 2 aromatic carbocycles. The molecule has 0 bridgehead atoms. The SMILES string of the molecule is C[C@]1(c2cc(NCc3ccccc3F)ccc2F)N=C(N)OC[C@@H]1F. The minimum absolute atomic E-state index is 0.0600. The van der Waals surface area contributed by atoms with Crippen LogP contribution in [0, 0.1) is 11.6 Å². The summed E-state index contributed by atoms with van der Waals surface area (Å²) in [5, 5.41) is 3.01. The second-order valence-corrected chi connectivity index (χ2v) is 6.02. The molecule has 0 spiro atoms. The van der Waals surface area contributed by atoms with Crippen molar-refractivity contribution in [2.45, 2.75) is 25.2 Å². The van der Waals surface area contributed by atoms with Crippen molar-refractivity contribution in [1.82, 2.24) is 0 Å². The Labute approximate surface area is 143 Å². The fourth-order valence-corrected chi connectivity index (χ4v) is 2.74. The van der Waals surface area contributed by atoms with E-state index in [0.717, 1.165) is 0 Å². The van der Waals surface area contributed by atoms with E-state index in [-0.39, 0.29) is 30.6 Å². The standard InChI is InChI=1S/C18H18F3N3O/c1-18(16(21)10-25-17(22)24-18)13-8-12(6-7-15(13)20)23-9-11-4-2-3-5-14(11)19/h2-8,16,23H,9-10H2,1H3,(H2,22,24)/t16-,18+/m0/s1. The number of nitrogens with two attached hydrogens (primary N) is 1. The van der Waals surface area contributed by atoms with Gasteiger partial charge in [0.05, 0.1) is 0 Å². The van der Waals surface area contributed by atoms with Crippen molar-refractivity contribution in [3.63, 3.8) is 0 Å². The summed E-state index contributed by atoms with van der Waals surface area (Å²) in [7, 11) is 0. The van der Waals surface area contributed by atoms with Gasteiger partial charge in [0.15, 0.2) is 6.17 Å². The topological polar surface area (TPSA) is 59.6 Å². The predicted octanol–water partition coefficient (Wildman–Crippen LogP) is 3.48. The predicted molar refractivity (Wildman–Crippen MR) is 89.9 cm³/mol. The van der Waals surface area contributed by atoms with Gasteiger partial charge in [0.2, 0.25) is 0 Å². The molecule has 3 rings (SSSR count). The van der Waals surface area contributed by atoms with Gasteiger partial charge in [-0.2, -0.15) is 0 Å². The van der Waals surface area contributed by atoms with Crippen LogP contribution in [-0.4, -0.2) is 18.8 Å². The van der Waals surface area contributed by atoms with Gasteiger partial charge in [-0.05, 0) is 31.2 Å². The lowest BCUT2D eigenvalue weighted by Crippen LogP contribution is -2.43. The zero-order chi connectivity index (χ0) is 18.0. The number of alkyl halides is 1. The smallest absolute Gasteiger partial charge is 0.283 e. The van der Waals surface area contributed by atoms with Crippen LogP contribution in [0.5, 0.6) is 0 Å². The zero-order valence-electron chi connectivity index (χ0n) is 13.6. The number of halogens is 3. The first kappa shape index (κ1) is 17.1. The van der Waals surface area contributed by atoms with Crippen molar-refractivity contribution >= 4 is 11.7 Å². The number of hydrogen-bond acceptors (Lipinski definition) is 4. The number of hydrogen-bond donors (Lipinski definition) is 2. The second-order valence-electron chi connectivity index (χ2n) is 6.02. The second kappa shape index (κ2) is 6.66. The Morgan fingerprint density at radius 1 is 1.24 bits per heavy atom. The Morgan fingerprint density at radius 3 is 2.76 bits per heavy atom. The minimum Gasteiger partial charge on any atom is -0.462 e. The van der Waals surface area contributed by atoms with Crippen LogP contribution in [0.2, 0.25) is 0 Å². The number of amidine groups is 1. The van der Waals surface area contributed by atoms with Gasteiger partial charge in [-0.15, -0.1) is 0 Å². The summed E-state index contributed by atoms with van der Waals surface area (Å²) < 4.78 is 47.3. The molecular weight excluding hydrogens is 331 g/mol. The van der Waals surface area contributed by atoms with Gasteiger partial charge >= 0.3 is 0 Å². The fourth-order valence-electron chi connectivity index (χ4n) is 2.74. The third kappa shape index (κ3) is 3.40. The fraction of sp³-hybridized carbons (Fsp3) is 0.278. The molecule has 0 saturated carbocycles. The van der Waals surface area contributed by atoms with Gasteiger partial charge in [-0.3, -0.25) is 0 Å². The van der Waals surface area contributed by atoms with Crippen LogP contribution in [-0.2, 0) is 16.8 Å². The van der Waals surface area contributed by atoms with Crippen molar-refractivity contribution in [2.75, 3.05) is 11.9 Å². The summed E-state index contributed by atoms with van der Waals surface area (Å²) in [5.41, 5.74) is 5.10. The van der Waals surface area contributed by atoms with E-state index in [1.165, 1.54) is 31.2 Å². The summed E-state index contributed by atoms with van der Waals surface area (Å²) in [6.45, 7) is 1.38. The molecule has 0 saturated heterocycles. The van der Waals surface area contributed by atoms with Crippen LogP contribution < -0.4 is 11.1 Å². The maximum atomic E-state index is 14.4. The Kier molecular flexibility index (Phi) is 4.57. The maximum absolute atomic E-state index is 14.4. The summed E-state index contributed by atoms with van der Waals surface area (Å²) in [6, 6.07) is 10.3. The minimum atomic E-state index is -1.55. The van der Waals surface area contributed by atoms with E-state index in [1.54, 1.807) is 18.2 Å². The molecule has 2 aromatic rings. The van der Waals surface area contributed by atoms with E-state index in [1.807, 2.05) is 0 Å². The van der Waals surface area contributed by atoms with Crippen LogP contribution >= 0.6 is 0 Å². The van der Waals surface area contributed by atoms with Crippen LogP contribution in [0.3, 0.4) is 0 Å². The monoisotopic (exact) mass is 349 g/mol. The Hall–Kier alpha value is -2.70. The third-order valence-electron chi connectivity index (χ3n) is 4.28. The molecule has 0 fully saturated rings. The number of anilines is 1. The zero-order valence-corrected chi connectivity index (χ0v) is 13.6. The number of rotatable bonds is 4. The summed E-state index contributed by atoms with van der Waals surface area (Å²) in [5.74, 6) is -0.935. The molecule has 2 atom stereocenters.